The third-order valence-corrected chi connectivity index (χ3v) is 4.23. The van der Waals surface area contributed by atoms with Crippen molar-refractivity contribution in [1.82, 2.24) is 0 Å². The van der Waals surface area contributed by atoms with Crippen LogP contribution in [0, 0.1) is 26.2 Å². The Morgan fingerprint density at radius 3 is 2.50 bits per heavy atom. The third-order valence-electron chi connectivity index (χ3n) is 3.94. The number of halogens is 1. The highest BCUT2D eigenvalue weighted by Gasteiger charge is 2.16. The fourth-order valence-corrected chi connectivity index (χ4v) is 3.02. The van der Waals surface area contributed by atoms with Gasteiger partial charge in [0.05, 0.1) is 11.1 Å². The van der Waals surface area contributed by atoms with Gasteiger partial charge in [0.25, 0.3) is 0 Å². The van der Waals surface area contributed by atoms with Crippen LogP contribution in [0.1, 0.15) is 36.1 Å². The summed E-state index contributed by atoms with van der Waals surface area (Å²) in [5.41, 5.74) is 4.22. The minimum absolute atomic E-state index is 0.0163. The molecule has 0 radical (unpaired) electrons. The van der Waals surface area contributed by atoms with Gasteiger partial charge in [0, 0.05) is 6.42 Å². The lowest BCUT2D eigenvalue weighted by Gasteiger charge is -2.19. The van der Waals surface area contributed by atoms with Crippen molar-refractivity contribution in [2.24, 2.45) is 0 Å². The molecule has 3 heteroatoms. The Balaban J connectivity index is 2.50. The van der Waals surface area contributed by atoms with E-state index >= 15 is 0 Å². The zero-order chi connectivity index (χ0) is 19.3. The lowest BCUT2D eigenvalue weighted by atomic mass is 10.0. The molecule has 2 nitrogen and oxygen atoms in total. The van der Waals surface area contributed by atoms with Crippen LogP contribution >= 0.6 is 11.6 Å². The van der Waals surface area contributed by atoms with Gasteiger partial charge in [-0.05, 0) is 74.6 Å². The fourth-order valence-electron chi connectivity index (χ4n) is 2.76. The molecular formula is C23H25ClO2. The second-order valence-electron chi connectivity index (χ2n) is 6.59. The van der Waals surface area contributed by atoms with Gasteiger partial charge in [0.1, 0.15) is 5.75 Å². The zero-order valence-electron chi connectivity index (χ0n) is 15.9. The first kappa shape index (κ1) is 19.9. The van der Waals surface area contributed by atoms with E-state index in [2.05, 4.69) is 12.5 Å². The Bertz CT molecular complexity index is 844. The summed E-state index contributed by atoms with van der Waals surface area (Å²) >= 11 is 6.42. The maximum absolute atomic E-state index is 6.42. The minimum Gasteiger partial charge on any atom is -0.487 e. The van der Waals surface area contributed by atoms with Crippen LogP contribution in [0.15, 0.2) is 36.9 Å². The molecule has 0 spiro atoms. The molecule has 0 unspecified atom stereocenters. The van der Waals surface area contributed by atoms with Crippen molar-refractivity contribution in [1.29, 1.82) is 0 Å². The zero-order valence-corrected chi connectivity index (χ0v) is 16.6. The van der Waals surface area contributed by atoms with E-state index in [1.807, 2.05) is 58.0 Å². The van der Waals surface area contributed by atoms with Crippen LogP contribution in [0.3, 0.4) is 0 Å². The molecule has 0 aliphatic carbocycles. The molecule has 0 aromatic heterocycles. The van der Waals surface area contributed by atoms with Crippen LogP contribution in [0.25, 0.3) is 0 Å². The Morgan fingerprint density at radius 2 is 1.88 bits per heavy atom. The van der Waals surface area contributed by atoms with Crippen LogP contribution in [0.5, 0.6) is 17.2 Å². The topological polar surface area (TPSA) is 18.5 Å². The number of terminal acetylenes is 1. The number of ether oxygens (including phenoxy) is 2. The van der Waals surface area contributed by atoms with Crippen molar-refractivity contribution >= 4 is 11.6 Å². The second-order valence-corrected chi connectivity index (χ2v) is 7.00. The Labute approximate surface area is 161 Å². The molecule has 0 saturated carbocycles. The molecule has 0 N–H and O–H groups in total. The van der Waals surface area contributed by atoms with Crippen LogP contribution in [-0.2, 0) is 12.8 Å². The van der Waals surface area contributed by atoms with E-state index in [-0.39, 0.29) is 6.10 Å². The maximum Gasteiger partial charge on any atom is 0.172 e. The summed E-state index contributed by atoms with van der Waals surface area (Å²) < 4.78 is 12.2. The molecule has 0 heterocycles. The smallest absolute Gasteiger partial charge is 0.172 e. The van der Waals surface area contributed by atoms with Gasteiger partial charge in [-0.2, -0.15) is 0 Å². The molecule has 0 aliphatic heterocycles. The van der Waals surface area contributed by atoms with Crippen LogP contribution in [-0.4, -0.2) is 6.10 Å². The largest absolute Gasteiger partial charge is 0.487 e. The minimum atomic E-state index is 0.0163. The fraction of sp³-hybridized carbons (Fsp3) is 0.304. The lowest BCUT2D eigenvalue weighted by Crippen LogP contribution is -2.08. The summed E-state index contributed by atoms with van der Waals surface area (Å²) in [6.45, 7) is 11.8. The normalized spacial score (nSPS) is 10.5. The molecular weight excluding hydrogens is 344 g/mol. The van der Waals surface area contributed by atoms with E-state index in [0.29, 0.717) is 28.7 Å². The van der Waals surface area contributed by atoms with Gasteiger partial charge < -0.3 is 9.47 Å². The van der Waals surface area contributed by atoms with E-state index in [4.69, 9.17) is 27.5 Å². The summed E-state index contributed by atoms with van der Waals surface area (Å²) in [7, 11) is 0. The molecule has 2 rings (SSSR count). The van der Waals surface area contributed by atoms with E-state index < -0.39 is 0 Å². The molecule has 0 aliphatic rings. The van der Waals surface area contributed by atoms with E-state index in [1.165, 1.54) is 0 Å². The first-order valence-corrected chi connectivity index (χ1v) is 9.04. The van der Waals surface area contributed by atoms with Gasteiger partial charge in [-0.3, -0.25) is 0 Å². The Hall–Kier alpha value is -2.37. The molecule has 2 aromatic carbocycles. The molecule has 0 amide bonds. The summed E-state index contributed by atoms with van der Waals surface area (Å²) in [6.07, 6.45) is 8.64. The third kappa shape index (κ3) is 4.84. The number of aryl methyl sites for hydroxylation is 2. The van der Waals surface area contributed by atoms with Crippen molar-refractivity contribution in [2.75, 3.05) is 0 Å². The van der Waals surface area contributed by atoms with Gasteiger partial charge in [0.2, 0.25) is 0 Å². The van der Waals surface area contributed by atoms with Crippen molar-refractivity contribution in [2.45, 2.75) is 46.6 Å². The van der Waals surface area contributed by atoms with Gasteiger partial charge >= 0.3 is 0 Å². The predicted octanol–water partition coefficient (Wildman–Crippen LogP) is 6.44. The summed E-state index contributed by atoms with van der Waals surface area (Å²) in [5, 5.41) is 0.568. The summed E-state index contributed by atoms with van der Waals surface area (Å²) in [4.78, 5) is 0. The molecule has 26 heavy (non-hydrogen) atoms. The molecule has 0 bridgehead atoms. The Kier molecular flexibility index (Phi) is 6.77. The second kappa shape index (κ2) is 8.83. The predicted molar refractivity (Wildman–Crippen MR) is 110 cm³/mol. The van der Waals surface area contributed by atoms with Crippen molar-refractivity contribution in [3.05, 3.63) is 64.2 Å². The van der Waals surface area contributed by atoms with E-state index in [9.17, 15) is 0 Å². The number of benzene rings is 2. The lowest BCUT2D eigenvalue weighted by molar-refractivity contribution is 0.233. The quantitative estimate of drug-likeness (QED) is 0.413. The first-order valence-electron chi connectivity index (χ1n) is 8.67. The molecule has 2 aromatic rings. The van der Waals surface area contributed by atoms with Crippen molar-refractivity contribution in [3.8, 4) is 29.6 Å². The molecule has 136 valence electrons. The molecule has 0 saturated heterocycles. The van der Waals surface area contributed by atoms with Crippen LogP contribution in [0.4, 0.5) is 0 Å². The van der Waals surface area contributed by atoms with Crippen LogP contribution < -0.4 is 9.47 Å². The summed E-state index contributed by atoms with van der Waals surface area (Å²) in [6, 6.07) is 7.85. The van der Waals surface area contributed by atoms with Crippen LogP contribution in [0.2, 0.25) is 5.02 Å². The average Bonchev–Trinajstić information content (AvgIpc) is 2.54. The average molecular weight is 369 g/mol. The highest BCUT2D eigenvalue weighted by molar-refractivity contribution is 6.32. The SMILES string of the molecule is C#CCc1cc(C)c(Oc2cc(CC=C)c(C)cc2Cl)c(OC(C)C)c1. The maximum atomic E-state index is 6.42. The number of rotatable bonds is 7. The number of allylic oxidation sites excluding steroid dienone is 1. The van der Waals surface area contributed by atoms with Crippen molar-refractivity contribution < 1.29 is 9.47 Å². The number of hydrogen-bond donors (Lipinski definition) is 0. The van der Waals surface area contributed by atoms with Gasteiger partial charge in [-0.25, -0.2) is 0 Å². The van der Waals surface area contributed by atoms with Gasteiger partial charge in [-0.1, -0.05) is 23.7 Å². The number of hydrogen-bond acceptors (Lipinski definition) is 2. The highest BCUT2D eigenvalue weighted by Crippen LogP contribution is 2.40. The van der Waals surface area contributed by atoms with Gasteiger partial charge in [-0.15, -0.1) is 18.9 Å². The monoisotopic (exact) mass is 368 g/mol. The molecule has 0 fully saturated rings. The van der Waals surface area contributed by atoms with Gasteiger partial charge in [0.15, 0.2) is 11.5 Å². The molecule has 0 atom stereocenters. The van der Waals surface area contributed by atoms with E-state index in [1.54, 1.807) is 0 Å². The highest BCUT2D eigenvalue weighted by atomic mass is 35.5. The Morgan fingerprint density at radius 1 is 1.15 bits per heavy atom. The van der Waals surface area contributed by atoms with Crippen molar-refractivity contribution in [3.63, 3.8) is 0 Å². The first-order chi connectivity index (χ1) is 12.3. The standard InChI is InChI=1S/C23H25ClO2/c1-7-9-18-11-17(6)23(22(13-18)25-15(3)4)26-21-14-19(10-8-2)16(5)12-20(21)24/h1,8,11-15H,2,9-10H2,3-6H3. The summed E-state index contributed by atoms with van der Waals surface area (Å²) in [5.74, 6) is 4.61. The van der Waals surface area contributed by atoms with E-state index in [0.717, 1.165) is 28.7 Å².